The monoisotopic (exact) mass is 375 g/mol. The maximum Gasteiger partial charge on any atom is 0.248 e. The van der Waals surface area contributed by atoms with Crippen LogP contribution < -0.4 is 5.32 Å². The van der Waals surface area contributed by atoms with Crippen LogP contribution in [0.5, 0.6) is 0 Å². The molecule has 0 fully saturated rings. The molecule has 4 rings (SSSR count). The molecule has 2 heterocycles. The molecule has 1 N–H and O–H groups in total. The van der Waals surface area contributed by atoms with E-state index in [4.69, 9.17) is 4.42 Å². The first-order valence-corrected chi connectivity index (χ1v) is 8.36. The van der Waals surface area contributed by atoms with E-state index < -0.39 is 0 Å². The molecule has 8 heteroatoms. The second kappa shape index (κ2) is 7.67. The first-order chi connectivity index (χ1) is 13.7. The predicted molar refractivity (Wildman–Crippen MR) is 101 cm³/mol. The van der Waals surface area contributed by atoms with Gasteiger partial charge in [0.05, 0.1) is 11.3 Å². The zero-order valence-electron chi connectivity index (χ0n) is 14.5. The van der Waals surface area contributed by atoms with Gasteiger partial charge in [0.15, 0.2) is 0 Å². The van der Waals surface area contributed by atoms with Crippen LogP contribution in [-0.4, -0.2) is 26.1 Å². The molecule has 7 nitrogen and oxygen atoms in total. The van der Waals surface area contributed by atoms with Gasteiger partial charge in [-0.25, -0.2) is 9.07 Å². The minimum Gasteiger partial charge on any atom is -0.457 e. The highest BCUT2D eigenvalue weighted by Crippen LogP contribution is 2.25. The van der Waals surface area contributed by atoms with Crippen LogP contribution in [0.15, 0.2) is 77.5 Å². The van der Waals surface area contributed by atoms with E-state index in [-0.39, 0.29) is 11.7 Å². The van der Waals surface area contributed by atoms with Gasteiger partial charge in [0, 0.05) is 11.8 Å². The van der Waals surface area contributed by atoms with Gasteiger partial charge in [-0.2, -0.15) is 0 Å². The standard InChI is InChI=1S/C20H14FN5O2/c21-18-4-2-1-3-17(18)19-11-9-16(28-19)10-12-20(27)23-14-5-7-15(8-6-14)26-13-22-24-25-26/h1-13H,(H,23,27)/b12-10+. The molecular formula is C20H14FN5O2. The van der Waals surface area contributed by atoms with Crippen molar-refractivity contribution in [1.82, 2.24) is 20.2 Å². The number of benzene rings is 2. The summed E-state index contributed by atoms with van der Waals surface area (Å²) in [5, 5.41) is 13.7. The number of hydrogen-bond acceptors (Lipinski definition) is 5. The highest BCUT2D eigenvalue weighted by Gasteiger charge is 2.08. The summed E-state index contributed by atoms with van der Waals surface area (Å²) < 4.78 is 20.9. The molecule has 0 radical (unpaired) electrons. The molecule has 2 aromatic heterocycles. The van der Waals surface area contributed by atoms with Crippen molar-refractivity contribution in [2.24, 2.45) is 0 Å². The van der Waals surface area contributed by atoms with Crippen molar-refractivity contribution in [2.45, 2.75) is 0 Å². The Bertz CT molecular complexity index is 1120. The zero-order chi connectivity index (χ0) is 19.3. The Balaban J connectivity index is 1.40. The molecule has 2 aromatic carbocycles. The van der Waals surface area contributed by atoms with Crippen molar-refractivity contribution in [1.29, 1.82) is 0 Å². The lowest BCUT2D eigenvalue weighted by molar-refractivity contribution is -0.111. The zero-order valence-corrected chi connectivity index (χ0v) is 14.5. The number of halogens is 1. The van der Waals surface area contributed by atoms with Gasteiger partial charge in [-0.1, -0.05) is 12.1 Å². The number of tetrazole rings is 1. The average molecular weight is 375 g/mol. The first kappa shape index (κ1) is 17.3. The van der Waals surface area contributed by atoms with Crippen molar-refractivity contribution in [3.8, 4) is 17.0 Å². The Morgan fingerprint density at radius 2 is 1.89 bits per heavy atom. The Morgan fingerprint density at radius 3 is 2.64 bits per heavy atom. The summed E-state index contributed by atoms with van der Waals surface area (Å²) in [5.74, 6) is 0.160. The van der Waals surface area contributed by atoms with E-state index in [0.717, 1.165) is 5.69 Å². The van der Waals surface area contributed by atoms with E-state index in [1.807, 2.05) is 0 Å². The summed E-state index contributed by atoms with van der Waals surface area (Å²) in [6.45, 7) is 0. The third-order valence-electron chi connectivity index (χ3n) is 3.91. The Kier molecular flexibility index (Phi) is 4.75. The molecule has 0 saturated carbocycles. The molecular weight excluding hydrogens is 361 g/mol. The summed E-state index contributed by atoms with van der Waals surface area (Å²) in [4.78, 5) is 12.1. The lowest BCUT2D eigenvalue weighted by Gasteiger charge is -2.03. The summed E-state index contributed by atoms with van der Waals surface area (Å²) in [5.41, 5.74) is 1.77. The maximum atomic E-state index is 13.8. The van der Waals surface area contributed by atoms with Crippen LogP contribution in [0, 0.1) is 5.82 Å². The lowest BCUT2D eigenvalue weighted by atomic mass is 10.1. The molecule has 0 aliphatic heterocycles. The second-order valence-corrected chi connectivity index (χ2v) is 5.81. The van der Waals surface area contributed by atoms with Crippen molar-refractivity contribution < 1.29 is 13.6 Å². The fourth-order valence-corrected chi connectivity index (χ4v) is 2.57. The summed E-state index contributed by atoms with van der Waals surface area (Å²) in [6, 6.07) is 16.7. The largest absolute Gasteiger partial charge is 0.457 e. The molecule has 28 heavy (non-hydrogen) atoms. The van der Waals surface area contributed by atoms with Crippen molar-refractivity contribution in [3.05, 3.63) is 84.6 Å². The molecule has 1 amide bonds. The van der Waals surface area contributed by atoms with Crippen LogP contribution in [0.3, 0.4) is 0 Å². The number of carbonyl (C=O) groups excluding carboxylic acids is 1. The molecule has 0 spiro atoms. The number of anilines is 1. The van der Waals surface area contributed by atoms with Gasteiger partial charge in [0.25, 0.3) is 0 Å². The normalized spacial score (nSPS) is 11.0. The molecule has 0 aliphatic rings. The molecule has 0 aliphatic carbocycles. The van der Waals surface area contributed by atoms with Gasteiger partial charge in [0.1, 0.15) is 23.7 Å². The lowest BCUT2D eigenvalue weighted by Crippen LogP contribution is -2.07. The second-order valence-electron chi connectivity index (χ2n) is 5.81. The Morgan fingerprint density at radius 1 is 1.07 bits per heavy atom. The average Bonchev–Trinajstić information content (AvgIpc) is 3.40. The molecule has 0 saturated heterocycles. The fraction of sp³-hybridized carbons (Fsp3) is 0. The fourth-order valence-electron chi connectivity index (χ4n) is 2.57. The van der Waals surface area contributed by atoms with Crippen LogP contribution in [0.1, 0.15) is 5.76 Å². The van der Waals surface area contributed by atoms with E-state index in [2.05, 4.69) is 20.8 Å². The van der Waals surface area contributed by atoms with E-state index in [1.54, 1.807) is 54.6 Å². The third kappa shape index (κ3) is 3.85. The first-order valence-electron chi connectivity index (χ1n) is 8.36. The van der Waals surface area contributed by atoms with Crippen molar-refractivity contribution in [3.63, 3.8) is 0 Å². The number of aromatic nitrogens is 4. The van der Waals surface area contributed by atoms with Gasteiger partial charge in [0.2, 0.25) is 5.91 Å². The highest BCUT2D eigenvalue weighted by atomic mass is 19.1. The Labute approximate surface area is 159 Å². The SMILES string of the molecule is O=C(/C=C/c1ccc(-c2ccccc2F)o1)Nc1ccc(-n2cnnn2)cc1. The third-order valence-corrected chi connectivity index (χ3v) is 3.91. The molecule has 138 valence electrons. The molecule has 4 aromatic rings. The number of amides is 1. The van der Waals surface area contributed by atoms with Crippen LogP contribution in [0.2, 0.25) is 0 Å². The quantitative estimate of drug-likeness (QED) is 0.538. The summed E-state index contributed by atoms with van der Waals surface area (Å²) in [7, 11) is 0. The van der Waals surface area contributed by atoms with Crippen LogP contribution in [0.4, 0.5) is 10.1 Å². The number of furan rings is 1. The molecule has 0 atom stereocenters. The predicted octanol–water partition coefficient (Wildman–Crippen LogP) is 3.71. The van der Waals surface area contributed by atoms with E-state index >= 15 is 0 Å². The number of carbonyl (C=O) groups is 1. The van der Waals surface area contributed by atoms with Gasteiger partial charge in [-0.3, -0.25) is 4.79 Å². The van der Waals surface area contributed by atoms with Crippen LogP contribution in [0.25, 0.3) is 23.1 Å². The topological polar surface area (TPSA) is 85.8 Å². The Hall–Kier alpha value is -4.07. The van der Waals surface area contributed by atoms with Gasteiger partial charge in [-0.15, -0.1) is 5.10 Å². The maximum absolute atomic E-state index is 13.8. The number of hydrogen-bond donors (Lipinski definition) is 1. The van der Waals surface area contributed by atoms with E-state index in [9.17, 15) is 9.18 Å². The number of nitrogens with one attached hydrogen (secondary N) is 1. The van der Waals surface area contributed by atoms with Gasteiger partial charge in [-0.05, 0) is 65.0 Å². The van der Waals surface area contributed by atoms with Crippen LogP contribution >= 0.6 is 0 Å². The van der Waals surface area contributed by atoms with Crippen LogP contribution in [-0.2, 0) is 4.79 Å². The number of nitrogens with zero attached hydrogens (tertiary/aromatic N) is 4. The van der Waals surface area contributed by atoms with E-state index in [0.29, 0.717) is 22.8 Å². The molecule has 0 unspecified atom stereocenters. The van der Waals surface area contributed by atoms with Gasteiger partial charge < -0.3 is 9.73 Å². The molecule has 0 bridgehead atoms. The number of rotatable bonds is 5. The van der Waals surface area contributed by atoms with Crippen molar-refractivity contribution >= 4 is 17.7 Å². The van der Waals surface area contributed by atoms with Crippen molar-refractivity contribution in [2.75, 3.05) is 5.32 Å². The summed E-state index contributed by atoms with van der Waals surface area (Å²) >= 11 is 0. The smallest absolute Gasteiger partial charge is 0.248 e. The minimum absolute atomic E-state index is 0.320. The van der Waals surface area contributed by atoms with Gasteiger partial charge >= 0.3 is 0 Å². The summed E-state index contributed by atoms with van der Waals surface area (Å²) in [6.07, 6.45) is 4.35. The van der Waals surface area contributed by atoms with E-state index in [1.165, 1.54) is 29.2 Å². The highest BCUT2D eigenvalue weighted by molar-refractivity contribution is 6.01. The minimum atomic E-state index is -0.366.